The molecule has 158 valence electrons. The van der Waals surface area contributed by atoms with Gasteiger partial charge in [0.1, 0.15) is 11.8 Å². The van der Waals surface area contributed by atoms with E-state index in [2.05, 4.69) is 10.3 Å². The molecule has 0 aliphatic rings. The summed E-state index contributed by atoms with van der Waals surface area (Å²) in [6.45, 7) is 7.58. The Morgan fingerprint density at radius 1 is 1.21 bits per heavy atom. The number of aliphatic carboxylic acids is 1. The second kappa shape index (κ2) is 10.2. The van der Waals surface area contributed by atoms with Gasteiger partial charge < -0.3 is 20.2 Å². The number of ketones is 1. The smallest absolute Gasteiger partial charge is 0.327 e. The summed E-state index contributed by atoms with van der Waals surface area (Å²) in [5.74, 6) is -1.94. The van der Waals surface area contributed by atoms with Gasteiger partial charge in [-0.15, -0.1) is 0 Å². The van der Waals surface area contributed by atoms with E-state index in [-0.39, 0.29) is 22.7 Å². The second-order valence-electron chi connectivity index (χ2n) is 8.05. The van der Waals surface area contributed by atoms with Crippen LogP contribution in [0.25, 0.3) is 10.9 Å². The molecule has 2 rings (SSSR count). The number of hydrogen-bond acceptors (Lipinski definition) is 5. The van der Waals surface area contributed by atoms with E-state index in [1.807, 2.05) is 51.2 Å². The summed E-state index contributed by atoms with van der Waals surface area (Å²) >= 11 is 0. The van der Waals surface area contributed by atoms with Crippen LogP contribution < -0.4 is 5.32 Å². The van der Waals surface area contributed by atoms with Crippen molar-refractivity contribution in [3.8, 4) is 0 Å². The third-order valence-corrected chi connectivity index (χ3v) is 7.55. The topological polar surface area (TPSA) is 99.3 Å². The van der Waals surface area contributed by atoms with Gasteiger partial charge in [0.05, 0.1) is 0 Å². The number of aromatic nitrogens is 1. The highest BCUT2D eigenvalue weighted by atomic mass is 33.1. The Bertz CT molecular complexity index is 873. The highest BCUT2D eigenvalue weighted by Crippen LogP contribution is 2.35. The highest BCUT2D eigenvalue weighted by Gasteiger charge is 2.27. The molecule has 1 heterocycles. The molecule has 1 amide bonds. The SMILES string of the molecule is CC(=O)C[C@@H](Cc1c[nH]c2ccccc12)C(=O)N[C@@H](CSSC(C)(C)C)C(=O)O. The van der Waals surface area contributed by atoms with Crippen LogP contribution in [-0.4, -0.2) is 44.3 Å². The molecule has 0 radical (unpaired) electrons. The van der Waals surface area contributed by atoms with E-state index in [1.165, 1.54) is 17.7 Å². The molecule has 2 aromatic rings. The molecule has 1 aromatic carbocycles. The van der Waals surface area contributed by atoms with Crippen LogP contribution in [0.15, 0.2) is 30.5 Å². The van der Waals surface area contributed by atoms with Gasteiger partial charge in [-0.1, -0.05) is 60.6 Å². The fraction of sp³-hybridized carbons (Fsp3) is 0.476. The van der Waals surface area contributed by atoms with Gasteiger partial charge in [0, 0.05) is 39.9 Å². The van der Waals surface area contributed by atoms with E-state index < -0.39 is 23.8 Å². The lowest BCUT2D eigenvalue weighted by molar-refractivity contribution is -0.141. The maximum Gasteiger partial charge on any atom is 0.327 e. The number of carboxylic acid groups (broad SMARTS) is 1. The first-order valence-corrected chi connectivity index (χ1v) is 11.8. The maximum absolute atomic E-state index is 12.9. The van der Waals surface area contributed by atoms with Crippen LogP contribution in [-0.2, 0) is 20.8 Å². The summed E-state index contributed by atoms with van der Waals surface area (Å²) in [4.78, 5) is 39.4. The van der Waals surface area contributed by atoms with E-state index in [4.69, 9.17) is 0 Å². The lowest BCUT2D eigenvalue weighted by atomic mass is 9.93. The molecule has 0 saturated heterocycles. The number of amides is 1. The van der Waals surface area contributed by atoms with Crippen LogP contribution in [0.3, 0.4) is 0 Å². The summed E-state index contributed by atoms with van der Waals surface area (Å²) in [6.07, 6.45) is 2.28. The van der Waals surface area contributed by atoms with E-state index in [9.17, 15) is 19.5 Å². The van der Waals surface area contributed by atoms with Gasteiger partial charge in [-0.2, -0.15) is 0 Å². The fourth-order valence-corrected chi connectivity index (χ4v) is 5.37. The minimum atomic E-state index is -1.07. The third-order valence-electron chi connectivity index (χ3n) is 4.20. The molecule has 0 aliphatic carbocycles. The number of hydrogen-bond donors (Lipinski definition) is 3. The molecular formula is C21H28N2O4S2. The third kappa shape index (κ3) is 7.44. The number of carboxylic acids is 1. The van der Waals surface area contributed by atoms with Gasteiger partial charge in [-0.05, 0) is 25.0 Å². The first-order valence-electron chi connectivity index (χ1n) is 9.45. The zero-order valence-corrected chi connectivity index (χ0v) is 18.8. The van der Waals surface area contributed by atoms with E-state index >= 15 is 0 Å². The summed E-state index contributed by atoms with van der Waals surface area (Å²) in [5, 5.41) is 13.1. The Morgan fingerprint density at radius 3 is 2.52 bits per heavy atom. The minimum absolute atomic E-state index is 0.00969. The molecular weight excluding hydrogens is 408 g/mol. The van der Waals surface area contributed by atoms with Crippen LogP contribution >= 0.6 is 21.6 Å². The number of aromatic amines is 1. The van der Waals surface area contributed by atoms with Crippen molar-refractivity contribution in [3.63, 3.8) is 0 Å². The summed E-state index contributed by atoms with van der Waals surface area (Å²) in [5.41, 5.74) is 1.90. The molecule has 8 heteroatoms. The zero-order valence-electron chi connectivity index (χ0n) is 17.2. The first-order chi connectivity index (χ1) is 13.6. The van der Waals surface area contributed by atoms with Gasteiger partial charge in [0.25, 0.3) is 0 Å². The molecule has 0 unspecified atom stereocenters. The van der Waals surface area contributed by atoms with Crippen LogP contribution in [0.4, 0.5) is 0 Å². The van der Waals surface area contributed by atoms with Crippen molar-refractivity contribution in [3.05, 3.63) is 36.0 Å². The number of benzene rings is 1. The van der Waals surface area contributed by atoms with Gasteiger partial charge in [0.15, 0.2) is 0 Å². The van der Waals surface area contributed by atoms with Crippen molar-refractivity contribution in [1.29, 1.82) is 0 Å². The Labute approximate surface area is 179 Å². The Morgan fingerprint density at radius 2 is 1.90 bits per heavy atom. The summed E-state index contributed by atoms with van der Waals surface area (Å²) in [7, 11) is 3.00. The number of carbonyl (C=O) groups is 3. The minimum Gasteiger partial charge on any atom is -0.480 e. The fourth-order valence-electron chi connectivity index (χ4n) is 2.91. The largest absolute Gasteiger partial charge is 0.480 e. The molecule has 0 bridgehead atoms. The number of carbonyl (C=O) groups excluding carboxylic acids is 2. The Hall–Kier alpha value is -1.93. The number of rotatable bonds is 10. The quantitative estimate of drug-likeness (QED) is 0.486. The summed E-state index contributed by atoms with van der Waals surface area (Å²) in [6, 6.07) is 6.75. The number of Topliss-reactive ketones (excluding diaryl/α,β-unsaturated/α-hetero) is 1. The number of nitrogens with one attached hydrogen (secondary N) is 2. The molecule has 1 aromatic heterocycles. The average molecular weight is 437 g/mol. The van der Waals surface area contributed by atoms with Crippen LogP contribution in [0.2, 0.25) is 0 Å². The molecule has 29 heavy (non-hydrogen) atoms. The number of fused-ring (bicyclic) bond motifs is 1. The lowest BCUT2D eigenvalue weighted by Crippen LogP contribution is -2.45. The van der Waals surface area contributed by atoms with Crippen molar-refractivity contribution >= 4 is 50.2 Å². The predicted octanol–water partition coefficient (Wildman–Crippen LogP) is 4.06. The summed E-state index contributed by atoms with van der Waals surface area (Å²) < 4.78 is -0.00969. The van der Waals surface area contributed by atoms with Crippen molar-refractivity contribution in [2.45, 2.75) is 51.3 Å². The molecule has 3 N–H and O–H groups in total. The molecule has 0 fully saturated rings. The standard InChI is InChI=1S/C21H28N2O4S2/c1-13(24)9-14(10-15-11-22-17-8-6-5-7-16(15)17)19(25)23-18(20(26)27)12-28-29-21(2,3)4/h5-8,11,14,18,22H,9-10,12H2,1-4H3,(H,23,25)(H,26,27)/t14-,18-/m0/s1. The second-order valence-corrected chi connectivity index (χ2v) is 11.2. The van der Waals surface area contributed by atoms with Crippen LogP contribution in [0.5, 0.6) is 0 Å². The molecule has 0 aliphatic heterocycles. The van der Waals surface area contributed by atoms with Gasteiger partial charge in [-0.3, -0.25) is 4.79 Å². The Kier molecular flexibility index (Phi) is 8.22. The monoisotopic (exact) mass is 436 g/mol. The van der Waals surface area contributed by atoms with Crippen molar-refractivity contribution in [1.82, 2.24) is 10.3 Å². The maximum atomic E-state index is 12.9. The molecule has 2 atom stereocenters. The van der Waals surface area contributed by atoms with Crippen molar-refractivity contribution in [2.24, 2.45) is 5.92 Å². The molecule has 0 spiro atoms. The molecule has 6 nitrogen and oxygen atoms in total. The average Bonchev–Trinajstić information content (AvgIpc) is 3.02. The van der Waals surface area contributed by atoms with Crippen molar-refractivity contribution in [2.75, 3.05) is 5.75 Å². The number of para-hydroxylation sites is 1. The van der Waals surface area contributed by atoms with Crippen LogP contribution in [0, 0.1) is 5.92 Å². The lowest BCUT2D eigenvalue weighted by Gasteiger charge is -2.21. The Balaban J connectivity index is 2.10. The van der Waals surface area contributed by atoms with Gasteiger partial charge >= 0.3 is 5.97 Å². The van der Waals surface area contributed by atoms with E-state index in [0.717, 1.165) is 16.5 Å². The van der Waals surface area contributed by atoms with Gasteiger partial charge in [0.2, 0.25) is 5.91 Å². The number of H-pyrrole nitrogens is 1. The first kappa shape index (κ1) is 23.3. The van der Waals surface area contributed by atoms with Crippen molar-refractivity contribution < 1.29 is 19.5 Å². The van der Waals surface area contributed by atoms with Gasteiger partial charge in [-0.25, -0.2) is 4.79 Å². The zero-order chi connectivity index (χ0) is 21.6. The highest BCUT2D eigenvalue weighted by molar-refractivity contribution is 8.77. The van der Waals surface area contributed by atoms with E-state index in [1.54, 1.807) is 10.8 Å². The van der Waals surface area contributed by atoms with Crippen LogP contribution in [0.1, 0.15) is 39.7 Å². The normalized spacial score (nSPS) is 13.8. The predicted molar refractivity (Wildman–Crippen MR) is 120 cm³/mol. The van der Waals surface area contributed by atoms with E-state index in [0.29, 0.717) is 6.42 Å². The molecule has 0 saturated carbocycles.